The van der Waals surface area contributed by atoms with Gasteiger partial charge in [-0.25, -0.2) is 0 Å². The van der Waals surface area contributed by atoms with Crippen LogP contribution in [-0.4, -0.2) is 48.3 Å². The minimum atomic E-state index is 0.289. The van der Waals surface area contributed by atoms with Crippen molar-refractivity contribution < 1.29 is 9.47 Å². The summed E-state index contributed by atoms with van der Waals surface area (Å²) in [6, 6.07) is 8.13. The molecule has 1 aliphatic rings. The summed E-state index contributed by atoms with van der Waals surface area (Å²) < 4.78 is 11.6. The average Bonchev–Trinajstić information content (AvgIpc) is 2.48. The maximum absolute atomic E-state index is 5.88. The Morgan fingerprint density at radius 2 is 2.24 bits per heavy atom. The molecule has 0 spiro atoms. The van der Waals surface area contributed by atoms with Gasteiger partial charge in [-0.2, -0.15) is 0 Å². The lowest BCUT2D eigenvalue weighted by Crippen LogP contribution is -2.49. The molecule has 0 amide bonds. The molecule has 5 heteroatoms. The molecule has 1 aromatic carbocycles. The van der Waals surface area contributed by atoms with Crippen molar-refractivity contribution in [2.45, 2.75) is 32.4 Å². The predicted octanol–water partition coefficient (Wildman–Crippen LogP) is 2.20. The number of benzene rings is 1. The lowest BCUT2D eigenvalue weighted by Gasteiger charge is -2.38. The molecule has 1 saturated heterocycles. The van der Waals surface area contributed by atoms with Crippen molar-refractivity contribution in [2.24, 2.45) is 5.73 Å². The first-order valence-corrected chi connectivity index (χ1v) is 7.90. The third-order valence-electron chi connectivity index (χ3n) is 3.84. The van der Waals surface area contributed by atoms with E-state index in [1.165, 1.54) is 0 Å². The van der Waals surface area contributed by atoms with Crippen LogP contribution in [0.1, 0.15) is 25.8 Å². The summed E-state index contributed by atoms with van der Waals surface area (Å²) in [5, 5.41) is 0. The van der Waals surface area contributed by atoms with Crippen molar-refractivity contribution in [1.29, 1.82) is 0 Å². The van der Waals surface area contributed by atoms with Gasteiger partial charge in [0.2, 0.25) is 0 Å². The van der Waals surface area contributed by atoms with E-state index in [1.807, 2.05) is 24.3 Å². The molecule has 0 bridgehead atoms. The van der Waals surface area contributed by atoms with Gasteiger partial charge in [0.15, 0.2) is 0 Å². The number of hydrogen-bond acceptors (Lipinski definition) is 4. The van der Waals surface area contributed by atoms with E-state index < -0.39 is 0 Å². The summed E-state index contributed by atoms with van der Waals surface area (Å²) in [7, 11) is 0. The van der Waals surface area contributed by atoms with Crippen molar-refractivity contribution in [1.82, 2.24) is 4.90 Å². The molecule has 2 N–H and O–H groups in total. The van der Waals surface area contributed by atoms with Crippen LogP contribution in [0.4, 0.5) is 0 Å². The van der Waals surface area contributed by atoms with Crippen molar-refractivity contribution in [2.75, 3.05) is 26.3 Å². The third-order valence-corrected chi connectivity index (χ3v) is 4.06. The van der Waals surface area contributed by atoms with Gasteiger partial charge in [-0.15, -0.1) is 0 Å². The van der Waals surface area contributed by atoms with Crippen molar-refractivity contribution in [3.63, 3.8) is 0 Å². The number of thiocarbonyl (C=S) groups is 1. The Labute approximate surface area is 132 Å². The molecule has 2 rings (SSSR count). The van der Waals surface area contributed by atoms with E-state index in [0.29, 0.717) is 17.6 Å². The highest BCUT2D eigenvalue weighted by atomic mass is 32.1. The van der Waals surface area contributed by atoms with E-state index in [-0.39, 0.29) is 6.10 Å². The predicted molar refractivity (Wildman–Crippen MR) is 88.9 cm³/mol. The zero-order valence-electron chi connectivity index (χ0n) is 12.7. The number of hydrogen-bond donors (Lipinski definition) is 1. The van der Waals surface area contributed by atoms with Gasteiger partial charge < -0.3 is 15.2 Å². The summed E-state index contributed by atoms with van der Waals surface area (Å²) in [5.74, 6) is 0.763. The molecule has 1 fully saturated rings. The Bertz CT molecular complexity index is 481. The Morgan fingerprint density at radius 3 is 2.95 bits per heavy atom. The minimum Gasteiger partial charge on any atom is -0.492 e. The van der Waals surface area contributed by atoms with Gasteiger partial charge in [0.25, 0.3) is 0 Å². The van der Waals surface area contributed by atoms with Crippen LogP contribution in [0.3, 0.4) is 0 Å². The van der Waals surface area contributed by atoms with Crippen molar-refractivity contribution in [3.05, 3.63) is 29.8 Å². The molecule has 116 valence electrons. The Balaban J connectivity index is 1.90. The fourth-order valence-electron chi connectivity index (χ4n) is 2.63. The van der Waals surface area contributed by atoms with Crippen LogP contribution in [0.2, 0.25) is 0 Å². The first-order valence-electron chi connectivity index (χ1n) is 7.49. The first-order chi connectivity index (χ1) is 10.1. The van der Waals surface area contributed by atoms with Crippen LogP contribution in [0, 0.1) is 0 Å². The monoisotopic (exact) mass is 308 g/mol. The lowest BCUT2D eigenvalue weighted by molar-refractivity contribution is -0.0586. The zero-order valence-corrected chi connectivity index (χ0v) is 13.6. The summed E-state index contributed by atoms with van der Waals surface area (Å²) in [4.78, 5) is 2.81. The molecular formula is C16H24N2O2S. The van der Waals surface area contributed by atoms with E-state index in [0.717, 1.165) is 37.4 Å². The number of morpholine rings is 1. The van der Waals surface area contributed by atoms with Crippen LogP contribution in [0.25, 0.3) is 0 Å². The van der Waals surface area contributed by atoms with Crippen LogP contribution < -0.4 is 10.5 Å². The maximum atomic E-state index is 5.88. The Hall–Kier alpha value is -1.17. The van der Waals surface area contributed by atoms with Gasteiger partial charge in [0.1, 0.15) is 17.3 Å². The molecule has 0 saturated carbocycles. The van der Waals surface area contributed by atoms with Crippen molar-refractivity contribution in [3.8, 4) is 5.75 Å². The molecule has 1 heterocycles. The SMILES string of the molecule is CCC1COC(C)CN1CCOc1ccccc1C(N)=S. The van der Waals surface area contributed by atoms with Crippen molar-refractivity contribution >= 4 is 17.2 Å². The van der Waals surface area contributed by atoms with Gasteiger partial charge in [-0.05, 0) is 25.5 Å². The van der Waals surface area contributed by atoms with E-state index in [9.17, 15) is 0 Å². The summed E-state index contributed by atoms with van der Waals surface area (Å²) in [5.41, 5.74) is 6.52. The second-order valence-corrected chi connectivity index (χ2v) is 5.85. The molecule has 0 radical (unpaired) electrons. The van der Waals surface area contributed by atoms with Gasteiger partial charge in [-0.1, -0.05) is 31.3 Å². The van der Waals surface area contributed by atoms with E-state index in [2.05, 4.69) is 18.7 Å². The molecular weight excluding hydrogens is 284 g/mol. The van der Waals surface area contributed by atoms with E-state index in [4.69, 9.17) is 27.4 Å². The summed E-state index contributed by atoms with van der Waals surface area (Å²) >= 11 is 5.05. The quantitative estimate of drug-likeness (QED) is 0.816. The molecule has 0 aliphatic carbocycles. The van der Waals surface area contributed by atoms with E-state index >= 15 is 0 Å². The zero-order chi connectivity index (χ0) is 15.2. The molecule has 4 nitrogen and oxygen atoms in total. The van der Waals surface area contributed by atoms with Crippen LogP contribution >= 0.6 is 12.2 Å². The molecule has 2 unspecified atom stereocenters. The first kappa shape index (κ1) is 16.2. The van der Waals surface area contributed by atoms with Gasteiger partial charge in [0.05, 0.1) is 18.3 Å². The largest absolute Gasteiger partial charge is 0.492 e. The molecule has 2 atom stereocenters. The average molecular weight is 308 g/mol. The number of para-hydroxylation sites is 1. The second kappa shape index (κ2) is 7.73. The standard InChI is InChI=1S/C16H24N2O2S/c1-3-13-11-20-12(2)10-18(13)8-9-19-15-7-5-4-6-14(15)16(17)21/h4-7,12-13H,3,8-11H2,1-2H3,(H2,17,21). The fraction of sp³-hybridized carbons (Fsp3) is 0.562. The molecule has 1 aliphatic heterocycles. The highest BCUT2D eigenvalue weighted by Crippen LogP contribution is 2.18. The third kappa shape index (κ3) is 4.40. The molecule has 21 heavy (non-hydrogen) atoms. The number of nitrogens with two attached hydrogens (primary N) is 1. The molecule has 1 aromatic rings. The smallest absolute Gasteiger partial charge is 0.129 e. The molecule has 0 aromatic heterocycles. The van der Waals surface area contributed by atoms with Crippen LogP contribution in [-0.2, 0) is 4.74 Å². The number of ether oxygens (including phenoxy) is 2. The second-order valence-electron chi connectivity index (χ2n) is 5.41. The Morgan fingerprint density at radius 1 is 1.48 bits per heavy atom. The van der Waals surface area contributed by atoms with Crippen LogP contribution in [0.5, 0.6) is 5.75 Å². The highest BCUT2D eigenvalue weighted by Gasteiger charge is 2.25. The highest BCUT2D eigenvalue weighted by molar-refractivity contribution is 7.80. The minimum absolute atomic E-state index is 0.289. The Kier molecular flexibility index (Phi) is 5.96. The maximum Gasteiger partial charge on any atom is 0.129 e. The summed E-state index contributed by atoms with van der Waals surface area (Å²) in [6.07, 6.45) is 1.38. The topological polar surface area (TPSA) is 47.7 Å². The van der Waals surface area contributed by atoms with Gasteiger partial charge in [-0.3, -0.25) is 4.90 Å². The van der Waals surface area contributed by atoms with Gasteiger partial charge >= 0.3 is 0 Å². The fourth-order valence-corrected chi connectivity index (χ4v) is 2.80. The lowest BCUT2D eigenvalue weighted by atomic mass is 10.1. The number of rotatable bonds is 6. The summed E-state index contributed by atoms with van der Waals surface area (Å²) in [6.45, 7) is 7.59. The van der Waals surface area contributed by atoms with E-state index in [1.54, 1.807) is 0 Å². The normalized spacial score (nSPS) is 23.0. The number of nitrogens with zero attached hydrogens (tertiary/aromatic N) is 1. The van der Waals surface area contributed by atoms with Crippen LogP contribution in [0.15, 0.2) is 24.3 Å². The van der Waals surface area contributed by atoms with Gasteiger partial charge in [0, 0.05) is 19.1 Å².